The highest BCUT2D eigenvalue weighted by Gasteiger charge is 2.13. The molecule has 0 saturated heterocycles. The molecule has 0 radical (unpaired) electrons. The van der Waals surface area contributed by atoms with Gasteiger partial charge in [0.1, 0.15) is 0 Å². The Morgan fingerprint density at radius 3 is 2.09 bits per heavy atom. The normalized spacial score (nSPS) is 14.9. The van der Waals surface area contributed by atoms with Gasteiger partial charge in [0.05, 0.1) is 6.10 Å². The summed E-state index contributed by atoms with van der Waals surface area (Å²) in [5.74, 6) is 1.95. The molecule has 2 atom stereocenters. The lowest BCUT2D eigenvalue weighted by atomic mass is 9.94. The minimum absolute atomic E-state index is 0.205. The number of hydrogen-bond donors (Lipinski definition) is 0. The second kappa shape index (κ2) is 9.84. The number of methoxy groups -OCH3 is 1. The van der Waals surface area contributed by atoms with Crippen molar-refractivity contribution in [3.63, 3.8) is 0 Å². The van der Waals surface area contributed by atoms with E-state index in [9.17, 15) is 0 Å². The average Bonchev–Trinajstić information content (AvgIpc) is 2.48. The van der Waals surface area contributed by atoms with Crippen LogP contribution in [-0.2, 0) is 4.74 Å². The van der Waals surface area contributed by atoms with Crippen LogP contribution in [0.25, 0.3) is 6.08 Å². The van der Waals surface area contributed by atoms with Gasteiger partial charge in [0.2, 0.25) is 0 Å². The molecule has 124 valence electrons. The maximum absolute atomic E-state index is 5.67. The van der Waals surface area contributed by atoms with E-state index < -0.39 is 0 Å². The van der Waals surface area contributed by atoms with Gasteiger partial charge in [-0.05, 0) is 35.3 Å². The monoisotopic (exact) mass is 302 g/mol. The van der Waals surface area contributed by atoms with Gasteiger partial charge in [-0.25, -0.2) is 0 Å². The van der Waals surface area contributed by atoms with Gasteiger partial charge in [-0.15, -0.1) is 0 Å². The summed E-state index contributed by atoms with van der Waals surface area (Å²) in [6, 6.07) is 8.83. The largest absolute Gasteiger partial charge is 0.377 e. The van der Waals surface area contributed by atoms with Crippen molar-refractivity contribution in [2.24, 2.45) is 11.8 Å². The number of rotatable bonds is 9. The van der Waals surface area contributed by atoms with Crippen LogP contribution in [0.2, 0.25) is 0 Å². The molecule has 0 amide bonds. The van der Waals surface area contributed by atoms with Crippen LogP contribution in [0.4, 0.5) is 0 Å². The molecule has 0 spiro atoms. The van der Waals surface area contributed by atoms with Crippen LogP contribution >= 0.6 is 0 Å². The maximum atomic E-state index is 5.67. The summed E-state index contributed by atoms with van der Waals surface area (Å²) < 4.78 is 5.67. The highest BCUT2D eigenvalue weighted by molar-refractivity contribution is 5.50. The van der Waals surface area contributed by atoms with Crippen molar-refractivity contribution < 1.29 is 4.74 Å². The lowest BCUT2D eigenvalue weighted by Gasteiger charge is -2.20. The summed E-state index contributed by atoms with van der Waals surface area (Å²) in [5.41, 5.74) is 2.64. The second-order valence-corrected chi connectivity index (χ2v) is 7.18. The lowest BCUT2D eigenvalue weighted by molar-refractivity contribution is 0.0919. The number of benzene rings is 1. The molecule has 1 nitrogen and oxygen atoms in total. The van der Waals surface area contributed by atoms with Crippen LogP contribution in [0, 0.1) is 11.8 Å². The van der Waals surface area contributed by atoms with Crippen LogP contribution in [0.3, 0.4) is 0 Å². The Balaban J connectivity index is 2.56. The van der Waals surface area contributed by atoms with Gasteiger partial charge in [-0.2, -0.15) is 0 Å². The van der Waals surface area contributed by atoms with Gasteiger partial charge in [-0.3, -0.25) is 0 Å². The Labute approximate surface area is 137 Å². The first-order chi connectivity index (χ1) is 10.4. The molecule has 0 aliphatic carbocycles. The summed E-state index contributed by atoms with van der Waals surface area (Å²) in [5, 5.41) is 0. The zero-order chi connectivity index (χ0) is 16.5. The predicted molar refractivity (Wildman–Crippen MR) is 98.2 cm³/mol. The molecule has 1 heteroatoms. The minimum atomic E-state index is 0.205. The molecule has 1 aromatic carbocycles. The summed E-state index contributed by atoms with van der Waals surface area (Å²) in [4.78, 5) is 0. The first-order valence-electron chi connectivity index (χ1n) is 8.75. The molecule has 0 aliphatic heterocycles. The molecule has 1 rings (SSSR count). The van der Waals surface area contributed by atoms with Crippen molar-refractivity contribution in [3.8, 4) is 0 Å². The third kappa shape index (κ3) is 6.79. The Morgan fingerprint density at radius 2 is 1.59 bits per heavy atom. The van der Waals surface area contributed by atoms with E-state index in [1.165, 1.54) is 30.4 Å². The van der Waals surface area contributed by atoms with Gasteiger partial charge < -0.3 is 4.74 Å². The highest BCUT2D eigenvalue weighted by atomic mass is 16.5. The SMILES string of the molecule is COC(/C=C/c1ccc(C(C)C)cc1)C(C)CCCC(C)C. The highest BCUT2D eigenvalue weighted by Crippen LogP contribution is 2.20. The molecule has 0 saturated carbocycles. The Kier molecular flexibility index (Phi) is 8.48. The van der Waals surface area contributed by atoms with E-state index in [1.54, 1.807) is 0 Å². The fourth-order valence-electron chi connectivity index (χ4n) is 2.71. The van der Waals surface area contributed by atoms with E-state index in [0.717, 1.165) is 5.92 Å². The van der Waals surface area contributed by atoms with E-state index in [2.05, 4.69) is 71.0 Å². The minimum Gasteiger partial charge on any atom is -0.377 e. The predicted octanol–water partition coefficient (Wildman–Crippen LogP) is 6.30. The number of hydrogen-bond acceptors (Lipinski definition) is 1. The fourth-order valence-corrected chi connectivity index (χ4v) is 2.71. The zero-order valence-electron chi connectivity index (χ0n) is 15.3. The second-order valence-electron chi connectivity index (χ2n) is 7.18. The molecule has 0 aromatic heterocycles. The fraction of sp³-hybridized carbons (Fsp3) is 0.619. The van der Waals surface area contributed by atoms with E-state index >= 15 is 0 Å². The smallest absolute Gasteiger partial charge is 0.0780 e. The molecule has 1 aromatic rings. The molecule has 2 unspecified atom stereocenters. The van der Waals surface area contributed by atoms with Gasteiger partial charge in [0, 0.05) is 7.11 Å². The van der Waals surface area contributed by atoms with Gasteiger partial charge in [0.15, 0.2) is 0 Å². The van der Waals surface area contributed by atoms with Crippen LogP contribution in [-0.4, -0.2) is 13.2 Å². The van der Waals surface area contributed by atoms with Crippen LogP contribution in [0.1, 0.15) is 70.9 Å². The van der Waals surface area contributed by atoms with Crippen molar-refractivity contribution in [2.45, 2.75) is 65.9 Å². The van der Waals surface area contributed by atoms with Gasteiger partial charge >= 0.3 is 0 Å². The summed E-state index contributed by atoms with van der Waals surface area (Å²) in [6.07, 6.45) is 8.43. The Bertz CT molecular complexity index is 428. The maximum Gasteiger partial charge on any atom is 0.0780 e. The van der Waals surface area contributed by atoms with E-state index in [4.69, 9.17) is 4.74 Å². The third-order valence-electron chi connectivity index (χ3n) is 4.36. The quantitative estimate of drug-likeness (QED) is 0.520. The van der Waals surface area contributed by atoms with E-state index in [-0.39, 0.29) is 6.10 Å². The molecule has 0 N–H and O–H groups in total. The van der Waals surface area contributed by atoms with Gasteiger partial charge in [-0.1, -0.05) is 83.9 Å². The molecular formula is C21H34O. The molecule has 0 fully saturated rings. The van der Waals surface area contributed by atoms with Crippen molar-refractivity contribution >= 4 is 6.08 Å². The first-order valence-corrected chi connectivity index (χ1v) is 8.75. The summed E-state index contributed by atoms with van der Waals surface area (Å²) >= 11 is 0. The first kappa shape index (κ1) is 19.0. The molecule has 0 bridgehead atoms. The van der Waals surface area contributed by atoms with Crippen molar-refractivity contribution in [1.29, 1.82) is 0 Å². The van der Waals surface area contributed by atoms with Crippen molar-refractivity contribution in [3.05, 3.63) is 41.5 Å². The molecular weight excluding hydrogens is 268 g/mol. The number of ether oxygens (including phenoxy) is 1. The third-order valence-corrected chi connectivity index (χ3v) is 4.36. The van der Waals surface area contributed by atoms with Crippen LogP contribution in [0.5, 0.6) is 0 Å². The van der Waals surface area contributed by atoms with Crippen molar-refractivity contribution in [1.82, 2.24) is 0 Å². The lowest BCUT2D eigenvalue weighted by Crippen LogP contribution is -2.17. The van der Waals surface area contributed by atoms with E-state index in [0.29, 0.717) is 11.8 Å². The molecule has 0 heterocycles. The van der Waals surface area contributed by atoms with Gasteiger partial charge in [0.25, 0.3) is 0 Å². The Morgan fingerprint density at radius 1 is 0.955 bits per heavy atom. The summed E-state index contributed by atoms with van der Waals surface area (Å²) in [6.45, 7) is 11.3. The molecule has 22 heavy (non-hydrogen) atoms. The van der Waals surface area contributed by atoms with E-state index in [1.807, 2.05) is 7.11 Å². The van der Waals surface area contributed by atoms with Crippen molar-refractivity contribution in [2.75, 3.05) is 7.11 Å². The molecule has 0 aliphatic rings. The van der Waals surface area contributed by atoms with Crippen LogP contribution < -0.4 is 0 Å². The van der Waals surface area contributed by atoms with Crippen LogP contribution in [0.15, 0.2) is 30.3 Å². The topological polar surface area (TPSA) is 9.23 Å². The summed E-state index contributed by atoms with van der Waals surface area (Å²) in [7, 11) is 1.82. The zero-order valence-corrected chi connectivity index (χ0v) is 15.3. The standard InChI is InChI=1S/C21H34O/c1-16(2)8-7-9-18(5)21(22-6)15-12-19-10-13-20(14-11-19)17(3)4/h10-18,21H,7-9H2,1-6H3/b15-12+. The average molecular weight is 303 g/mol. The Hall–Kier alpha value is -1.08.